The molecule has 1 aromatic carbocycles. The van der Waals surface area contributed by atoms with Crippen molar-refractivity contribution in [3.05, 3.63) is 40.3 Å². The number of nitrogens with zero attached hydrogens (tertiary/aromatic N) is 1. The van der Waals surface area contributed by atoms with Gasteiger partial charge in [0, 0.05) is 28.2 Å². The molecule has 3 nitrogen and oxygen atoms in total. The van der Waals surface area contributed by atoms with Gasteiger partial charge in [-0.3, -0.25) is 0 Å². The molecule has 0 aliphatic heterocycles. The number of nitrogens with one attached hydrogen (secondary N) is 1. The van der Waals surface area contributed by atoms with Gasteiger partial charge in [-0.05, 0) is 18.9 Å². The summed E-state index contributed by atoms with van der Waals surface area (Å²) >= 11 is 3.58. The van der Waals surface area contributed by atoms with Crippen LogP contribution in [0.25, 0.3) is 11.3 Å². The zero-order chi connectivity index (χ0) is 14.0. The number of imidazole rings is 1. The number of aryl methyl sites for hydroxylation is 1. The molecular formula is C15H20BrN3. The molecule has 1 atom stereocenters. The van der Waals surface area contributed by atoms with Gasteiger partial charge in [0.2, 0.25) is 0 Å². The molecule has 0 bridgehead atoms. The third-order valence-electron chi connectivity index (χ3n) is 3.44. The van der Waals surface area contributed by atoms with Crippen molar-refractivity contribution in [2.24, 2.45) is 11.7 Å². The summed E-state index contributed by atoms with van der Waals surface area (Å²) < 4.78 is 1.06. The van der Waals surface area contributed by atoms with Gasteiger partial charge in [-0.1, -0.05) is 48.0 Å². The Hall–Kier alpha value is -1.13. The molecule has 0 aliphatic carbocycles. The van der Waals surface area contributed by atoms with Gasteiger partial charge in [0.05, 0.1) is 5.69 Å². The largest absolute Gasteiger partial charge is 0.345 e. The first-order chi connectivity index (χ1) is 9.04. The molecule has 19 heavy (non-hydrogen) atoms. The summed E-state index contributed by atoms with van der Waals surface area (Å²) in [5.74, 6) is 1.73. The third-order valence-corrected chi connectivity index (χ3v) is 4.13. The van der Waals surface area contributed by atoms with E-state index in [1.807, 2.05) is 18.2 Å². The van der Waals surface area contributed by atoms with Crippen LogP contribution in [0.15, 0.2) is 28.7 Å². The molecule has 0 amide bonds. The lowest BCUT2D eigenvalue weighted by atomic mass is 9.95. The maximum atomic E-state index is 5.86. The molecule has 2 rings (SSSR count). The summed E-state index contributed by atoms with van der Waals surface area (Å²) in [5, 5.41) is 0. The van der Waals surface area contributed by atoms with E-state index in [2.05, 4.69) is 47.8 Å². The van der Waals surface area contributed by atoms with Crippen LogP contribution < -0.4 is 5.73 Å². The van der Waals surface area contributed by atoms with Crippen molar-refractivity contribution in [2.45, 2.75) is 26.7 Å². The average Bonchev–Trinajstić information content (AvgIpc) is 2.72. The van der Waals surface area contributed by atoms with E-state index < -0.39 is 0 Å². The standard InChI is InChI=1S/C15H20BrN3/c1-9(2)12(8-17)15-18-10(3)14(19-15)11-6-4-5-7-13(11)16/h4-7,9,12H,8,17H2,1-3H3,(H,18,19). The smallest absolute Gasteiger partial charge is 0.111 e. The number of halogens is 1. The highest BCUT2D eigenvalue weighted by Crippen LogP contribution is 2.31. The number of H-pyrrole nitrogens is 1. The van der Waals surface area contributed by atoms with Gasteiger partial charge in [0.1, 0.15) is 5.82 Å². The zero-order valence-corrected chi connectivity index (χ0v) is 13.2. The minimum Gasteiger partial charge on any atom is -0.345 e. The molecule has 0 aliphatic rings. The van der Waals surface area contributed by atoms with E-state index in [1.165, 1.54) is 0 Å². The van der Waals surface area contributed by atoms with E-state index in [9.17, 15) is 0 Å². The third kappa shape index (κ3) is 2.90. The van der Waals surface area contributed by atoms with E-state index in [0.29, 0.717) is 12.5 Å². The second-order valence-electron chi connectivity index (χ2n) is 5.16. The Balaban J connectivity index is 2.45. The molecule has 0 spiro atoms. The van der Waals surface area contributed by atoms with E-state index >= 15 is 0 Å². The monoisotopic (exact) mass is 321 g/mol. The lowest BCUT2D eigenvalue weighted by Gasteiger charge is -2.15. The van der Waals surface area contributed by atoms with Crippen molar-refractivity contribution in [1.29, 1.82) is 0 Å². The molecule has 1 unspecified atom stereocenters. The van der Waals surface area contributed by atoms with Crippen LogP contribution in [0.1, 0.15) is 31.3 Å². The van der Waals surface area contributed by atoms with Crippen LogP contribution in [-0.4, -0.2) is 16.5 Å². The van der Waals surface area contributed by atoms with Gasteiger partial charge >= 0.3 is 0 Å². The Morgan fingerprint density at radius 2 is 2.00 bits per heavy atom. The lowest BCUT2D eigenvalue weighted by molar-refractivity contribution is 0.487. The van der Waals surface area contributed by atoms with Crippen molar-refractivity contribution in [3.63, 3.8) is 0 Å². The van der Waals surface area contributed by atoms with Crippen LogP contribution in [0.5, 0.6) is 0 Å². The van der Waals surface area contributed by atoms with Crippen molar-refractivity contribution in [3.8, 4) is 11.3 Å². The van der Waals surface area contributed by atoms with Gasteiger partial charge in [0.25, 0.3) is 0 Å². The van der Waals surface area contributed by atoms with Gasteiger partial charge in [0.15, 0.2) is 0 Å². The van der Waals surface area contributed by atoms with Crippen LogP contribution in [0.4, 0.5) is 0 Å². The summed E-state index contributed by atoms with van der Waals surface area (Å²) in [6.45, 7) is 7.01. The van der Waals surface area contributed by atoms with Gasteiger partial charge in [-0.25, -0.2) is 4.98 Å². The number of nitrogens with two attached hydrogens (primary N) is 1. The van der Waals surface area contributed by atoms with Gasteiger partial charge < -0.3 is 10.7 Å². The van der Waals surface area contributed by atoms with Crippen LogP contribution >= 0.6 is 15.9 Å². The Kier molecular flexibility index (Phi) is 4.42. The Morgan fingerprint density at radius 1 is 1.32 bits per heavy atom. The Morgan fingerprint density at radius 3 is 2.58 bits per heavy atom. The second-order valence-corrected chi connectivity index (χ2v) is 6.02. The van der Waals surface area contributed by atoms with E-state index in [4.69, 9.17) is 10.7 Å². The number of hydrogen-bond acceptors (Lipinski definition) is 2. The SMILES string of the molecule is Cc1[nH]c(C(CN)C(C)C)nc1-c1ccccc1Br. The minimum atomic E-state index is 0.273. The summed E-state index contributed by atoms with van der Waals surface area (Å²) in [6, 6.07) is 8.14. The number of aromatic amines is 1. The first-order valence-corrected chi connectivity index (χ1v) is 7.35. The molecular weight excluding hydrogens is 302 g/mol. The normalized spacial score (nSPS) is 12.9. The molecule has 0 saturated heterocycles. The Labute approximate surface area is 122 Å². The number of aromatic nitrogens is 2. The minimum absolute atomic E-state index is 0.273. The van der Waals surface area contributed by atoms with Gasteiger partial charge in [-0.2, -0.15) is 0 Å². The fraction of sp³-hybridized carbons (Fsp3) is 0.400. The molecule has 4 heteroatoms. The van der Waals surface area contributed by atoms with Crippen LogP contribution in [0, 0.1) is 12.8 Å². The highest BCUT2D eigenvalue weighted by Gasteiger charge is 2.20. The molecule has 0 saturated carbocycles. The lowest BCUT2D eigenvalue weighted by Crippen LogP contribution is -2.19. The first-order valence-electron chi connectivity index (χ1n) is 6.56. The van der Waals surface area contributed by atoms with E-state index in [-0.39, 0.29) is 5.92 Å². The quantitative estimate of drug-likeness (QED) is 0.898. The summed E-state index contributed by atoms with van der Waals surface area (Å²) in [4.78, 5) is 8.16. The van der Waals surface area contributed by atoms with Crippen molar-refractivity contribution in [1.82, 2.24) is 9.97 Å². The topological polar surface area (TPSA) is 54.7 Å². The summed E-state index contributed by atoms with van der Waals surface area (Å²) in [6.07, 6.45) is 0. The number of benzene rings is 1. The average molecular weight is 322 g/mol. The molecule has 1 aromatic heterocycles. The molecule has 0 fully saturated rings. The molecule has 102 valence electrons. The van der Waals surface area contributed by atoms with Crippen LogP contribution in [0.3, 0.4) is 0 Å². The highest BCUT2D eigenvalue weighted by atomic mass is 79.9. The number of rotatable bonds is 4. The highest BCUT2D eigenvalue weighted by molar-refractivity contribution is 9.10. The zero-order valence-electron chi connectivity index (χ0n) is 11.6. The molecule has 0 radical (unpaired) electrons. The van der Waals surface area contributed by atoms with Crippen molar-refractivity contribution in [2.75, 3.05) is 6.54 Å². The maximum absolute atomic E-state index is 5.86. The molecule has 1 heterocycles. The molecule has 3 N–H and O–H groups in total. The summed E-state index contributed by atoms with van der Waals surface area (Å²) in [5.41, 5.74) is 9.06. The second kappa shape index (κ2) is 5.88. The van der Waals surface area contributed by atoms with E-state index in [1.54, 1.807) is 0 Å². The fourth-order valence-corrected chi connectivity index (χ4v) is 2.75. The predicted molar refractivity (Wildman–Crippen MR) is 83.1 cm³/mol. The summed E-state index contributed by atoms with van der Waals surface area (Å²) in [7, 11) is 0. The van der Waals surface area contributed by atoms with Crippen molar-refractivity contribution < 1.29 is 0 Å². The van der Waals surface area contributed by atoms with E-state index in [0.717, 1.165) is 27.2 Å². The van der Waals surface area contributed by atoms with Crippen LogP contribution in [-0.2, 0) is 0 Å². The Bertz CT molecular complexity index is 560. The number of hydrogen-bond donors (Lipinski definition) is 2. The molecule has 2 aromatic rings. The maximum Gasteiger partial charge on any atom is 0.111 e. The van der Waals surface area contributed by atoms with Gasteiger partial charge in [-0.15, -0.1) is 0 Å². The first kappa shape index (κ1) is 14.3. The van der Waals surface area contributed by atoms with Crippen LogP contribution in [0.2, 0.25) is 0 Å². The fourth-order valence-electron chi connectivity index (χ4n) is 2.27. The predicted octanol–water partition coefficient (Wildman–Crippen LogP) is 3.85. The van der Waals surface area contributed by atoms with Crippen molar-refractivity contribution >= 4 is 15.9 Å².